The van der Waals surface area contributed by atoms with E-state index >= 15 is 0 Å². The van der Waals surface area contributed by atoms with Crippen molar-refractivity contribution in [2.75, 3.05) is 12.5 Å². The van der Waals surface area contributed by atoms with Crippen molar-refractivity contribution in [1.29, 1.82) is 0 Å². The van der Waals surface area contributed by atoms with Gasteiger partial charge < -0.3 is 9.72 Å². The monoisotopic (exact) mass is 576 g/mol. The lowest BCUT2D eigenvalue weighted by atomic mass is 9.68. The zero-order valence-corrected chi connectivity index (χ0v) is 22.2. The predicted molar refractivity (Wildman–Crippen MR) is 137 cm³/mol. The van der Waals surface area contributed by atoms with Gasteiger partial charge >= 0.3 is 4.87 Å². The number of ether oxygens (including phenoxy) is 1. The van der Waals surface area contributed by atoms with Crippen molar-refractivity contribution in [2.45, 2.75) is 22.6 Å². The van der Waals surface area contributed by atoms with Crippen LogP contribution in [0.15, 0.2) is 34.1 Å². The summed E-state index contributed by atoms with van der Waals surface area (Å²) in [5.74, 6) is -0.818. The molecule has 1 aromatic carbocycles. The summed E-state index contributed by atoms with van der Waals surface area (Å²) in [6.07, 6.45) is 0.790. The van der Waals surface area contributed by atoms with E-state index in [-0.39, 0.29) is 62.1 Å². The van der Waals surface area contributed by atoms with Crippen LogP contribution in [0.2, 0.25) is 10.6 Å². The van der Waals surface area contributed by atoms with Gasteiger partial charge in [-0.05, 0) is 65.1 Å². The molecule has 2 bridgehead atoms. The summed E-state index contributed by atoms with van der Waals surface area (Å²) in [5, 5.41) is 1.67. The lowest BCUT2D eigenvalue weighted by Gasteiger charge is -2.43. The first-order valence-corrected chi connectivity index (χ1v) is 14.0. The smallest absolute Gasteiger partial charge is 0.305 e. The van der Waals surface area contributed by atoms with Gasteiger partial charge in [-0.1, -0.05) is 23.5 Å². The Labute approximate surface area is 228 Å². The highest BCUT2D eigenvalue weighted by atomic mass is 35.5. The number of halogens is 2. The van der Waals surface area contributed by atoms with E-state index in [1.54, 1.807) is 18.9 Å². The molecule has 2 aliphatic carbocycles. The second-order valence-corrected chi connectivity index (χ2v) is 12.4. The first kappa shape index (κ1) is 23.4. The molecule has 3 aromatic rings. The van der Waals surface area contributed by atoms with Crippen molar-refractivity contribution in [2.24, 2.45) is 29.6 Å². The van der Waals surface area contributed by atoms with E-state index in [0.717, 1.165) is 32.6 Å². The Morgan fingerprint density at radius 3 is 2.38 bits per heavy atom. The highest BCUT2D eigenvalue weighted by Gasteiger charge is 2.69. The number of hydrazine groups is 1. The van der Waals surface area contributed by atoms with Crippen LogP contribution in [-0.2, 0) is 9.59 Å². The van der Waals surface area contributed by atoms with Gasteiger partial charge in [0.2, 0.25) is 16.5 Å². The molecule has 0 spiro atoms. The summed E-state index contributed by atoms with van der Waals surface area (Å²) in [6, 6.07) is 7.88. The summed E-state index contributed by atoms with van der Waals surface area (Å²) in [6.45, 7) is 0. The van der Waals surface area contributed by atoms with E-state index in [1.165, 1.54) is 11.3 Å². The van der Waals surface area contributed by atoms with E-state index < -0.39 is 11.8 Å². The number of carbonyl (C=O) groups excluding carboxylic acids is 2. The Bertz CT molecular complexity index is 1490. The Kier molecular flexibility index (Phi) is 5.33. The minimum atomic E-state index is -0.461. The average Bonchev–Trinajstić information content (AvgIpc) is 3.59. The lowest BCUT2D eigenvalue weighted by molar-refractivity contribution is -0.139. The van der Waals surface area contributed by atoms with Crippen LogP contribution in [0.4, 0.5) is 5.95 Å². The Morgan fingerprint density at radius 1 is 1.03 bits per heavy atom. The number of aromatic amines is 1. The minimum Gasteiger partial charge on any atom is -0.497 e. The summed E-state index contributed by atoms with van der Waals surface area (Å²) in [7, 11) is 1.62. The molecule has 14 heteroatoms. The zero-order chi connectivity index (χ0) is 25.6. The molecule has 37 heavy (non-hydrogen) atoms. The van der Waals surface area contributed by atoms with Gasteiger partial charge in [0.1, 0.15) is 5.75 Å². The second-order valence-electron chi connectivity index (χ2n) is 9.55. The number of nitrogens with zero attached hydrogens (tertiary/aromatic N) is 4. The Hall–Kier alpha value is -2.67. The number of nitrogens with one attached hydrogen (secondary N) is 2. The fourth-order valence-electron chi connectivity index (χ4n) is 6.79. The third-order valence-electron chi connectivity index (χ3n) is 7.99. The van der Waals surface area contributed by atoms with Gasteiger partial charge in [0, 0.05) is 16.0 Å². The molecule has 10 nitrogen and oxygen atoms in total. The molecule has 1 saturated heterocycles. The van der Waals surface area contributed by atoms with E-state index in [9.17, 15) is 14.4 Å². The molecule has 7 unspecified atom stereocenters. The zero-order valence-electron chi connectivity index (χ0n) is 19.1. The standard InChI is InChI=1S/C23H18Cl2N6O4S2/c1-35-8-4-2-7(3-5-8)11-12-9-6-10(15(12)36-17-16(11)37-23(34)26-17)14-13(9)18(32)31(19(14)33)30-22-28-20(24)27-21(25)29-22/h2-5,9-15H,6H2,1H3,(H,26,34)(H,27,28,29,30). The van der Waals surface area contributed by atoms with Crippen molar-refractivity contribution in [3.63, 3.8) is 0 Å². The van der Waals surface area contributed by atoms with Gasteiger partial charge in [0.05, 0.1) is 24.0 Å². The third-order valence-corrected chi connectivity index (χ3v) is 10.9. The number of rotatable bonds is 4. The summed E-state index contributed by atoms with van der Waals surface area (Å²) >= 11 is 14.6. The van der Waals surface area contributed by atoms with Crippen LogP contribution in [-0.4, -0.2) is 49.1 Å². The van der Waals surface area contributed by atoms with Crippen molar-refractivity contribution in [3.8, 4) is 5.75 Å². The number of fused-ring (bicyclic) bond motifs is 9. The topological polar surface area (TPSA) is 130 Å². The first-order valence-electron chi connectivity index (χ1n) is 11.6. The number of methoxy groups -OCH3 is 1. The number of thioether (sulfide) groups is 1. The highest BCUT2D eigenvalue weighted by Crippen LogP contribution is 2.68. The number of hydrogen-bond acceptors (Lipinski definition) is 10. The van der Waals surface area contributed by atoms with Gasteiger partial charge in [-0.3, -0.25) is 19.8 Å². The minimum absolute atomic E-state index is 0.00363. The molecular weight excluding hydrogens is 559 g/mol. The van der Waals surface area contributed by atoms with Gasteiger partial charge in [-0.2, -0.15) is 20.0 Å². The normalized spacial score (nSPS) is 31.3. The number of imide groups is 1. The Balaban J connectivity index is 1.26. The molecule has 2 saturated carbocycles. The Morgan fingerprint density at radius 2 is 1.70 bits per heavy atom. The predicted octanol–water partition coefficient (Wildman–Crippen LogP) is 3.44. The van der Waals surface area contributed by atoms with Crippen LogP contribution in [0.1, 0.15) is 22.8 Å². The number of carbonyl (C=O) groups is 2. The second kappa shape index (κ2) is 8.42. The van der Waals surface area contributed by atoms with Crippen molar-refractivity contribution in [1.82, 2.24) is 24.9 Å². The van der Waals surface area contributed by atoms with E-state index in [0.29, 0.717) is 0 Å². The number of H-pyrrole nitrogens is 1. The molecule has 2 aromatic heterocycles. The van der Waals surface area contributed by atoms with Crippen molar-refractivity contribution < 1.29 is 14.3 Å². The van der Waals surface area contributed by atoms with E-state index in [4.69, 9.17) is 27.9 Å². The number of aromatic nitrogens is 4. The fraction of sp³-hybridized carbons (Fsp3) is 0.391. The molecule has 2 amide bonds. The maximum atomic E-state index is 13.6. The highest BCUT2D eigenvalue weighted by molar-refractivity contribution is 8.00. The number of thiazole rings is 1. The number of benzene rings is 1. The molecular formula is C23H18Cl2N6O4S2. The molecule has 3 fully saturated rings. The maximum Gasteiger partial charge on any atom is 0.305 e. The van der Waals surface area contributed by atoms with Crippen LogP contribution < -0.4 is 15.0 Å². The maximum absolute atomic E-state index is 13.6. The van der Waals surface area contributed by atoms with E-state index in [1.807, 2.05) is 24.3 Å². The molecule has 4 aliphatic rings. The van der Waals surface area contributed by atoms with Gasteiger partial charge in [-0.25, -0.2) is 0 Å². The van der Waals surface area contributed by atoms with Gasteiger partial charge in [-0.15, -0.1) is 11.8 Å². The number of hydrogen-bond donors (Lipinski definition) is 2. The third kappa shape index (κ3) is 3.45. The quantitative estimate of drug-likeness (QED) is 0.448. The van der Waals surface area contributed by atoms with Crippen molar-refractivity contribution in [3.05, 3.63) is 54.9 Å². The lowest BCUT2D eigenvalue weighted by Crippen LogP contribution is -2.42. The van der Waals surface area contributed by atoms with Crippen molar-refractivity contribution >= 4 is 64.1 Å². The van der Waals surface area contributed by atoms with Gasteiger partial charge in [0.25, 0.3) is 11.8 Å². The summed E-state index contributed by atoms with van der Waals surface area (Å²) in [4.78, 5) is 55.0. The summed E-state index contributed by atoms with van der Waals surface area (Å²) < 4.78 is 5.34. The molecule has 4 heterocycles. The molecule has 0 radical (unpaired) electrons. The summed E-state index contributed by atoms with van der Waals surface area (Å²) in [5.41, 5.74) is 3.78. The fourth-order valence-corrected chi connectivity index (χ4v) is 10.0. The SMILES string of the molecule is COc1ccc(C2c3sc(=O)[nH]c3SC3C4CC(C5C(=O)N(Nc6nc(Cl)nc(Cl)n6)C(=O)C45)C23)cc1. The largest absolute Gasteiger partial charge is 0.497 e. The molecule has 7 rings (SSSR count). The number of amides is 2. The number of anilines is 1. The van der Waals surface area contributed by atoms with Crippen LogP contribution >= 0.6 is 46.3 Å². The van der Waals surface area contributed by atoms with Crippen LogP contribution in [0.25, 0.3) is 0 Å². The van der Waals surface area contributed by atoms with Crippen LogP contribution in [0.3, 0.4) is 0 Å². The first-order chi connectivity index (χ1) is 17.8. The molecule has 2 N–H and O–H groups in total. The molecule has 190 valence electrons. The average molecular weight is 577 g/mol. The van der Waals surface area contributed by atoms with E-state index in [2.05, 4.69) is 25.4 Å². The van der Waals surface area contributed by atoms with Gasteiger partial charge in [0.15, 0.2) is 0 Å². The van der Waals surface area contributed by atoms with Crippen LogP contribution in [0, 0.1) is 29.6 Å². The van der Waals surface area contributed by atoms with Crippen LogP contribution in [0.5, 0.6) is 5.75 Å². The molecule has 2 aliphatic heterocycles. The molecule has 7 atom stereocenters.